The van der Waals surface area contributed by atoms with Crippen LogP contribution in [0.4, 0.5) is 0 Å². The molecule has 0 aliphatic carbocycles. The second-order valence-electron chi connectivity index (χ2n) is 3.33. The van der Waals surface area contributed by atoms with Crippen molar-refractivity contribution in [3.63, 3.8) is 0 Å². The van der Waals surface area contributed by atoms with Crippen LogP contribution >= 0.6 is 0 Å². The Morgan fingerprint density at radius 3 is 1.40 bits per heavy atom. The van der Waals surface area contributed by atoms with Gasteiger partial charge in [-0.2, -0.15) is 25.3 Å². The summed E-state index contributed by atoms with van der Waals surface area (Å²) in [6.07, 6.45) is 0. The van der Waals surface area contributed by atoms with Gasteiger partial charge in [-0.15, -0.1) is 0 Å². The first-order valence-corrected chi connectivity index (χ1v) is 8.50. The molecule has 0 bridgehead atoms. The Morgan fingerprint density at radius 1 is 0.700 bits per heavy atom. The van der Waals surface area contributed by atoms with E-state index in [-0.39, 0.29) is 6.07 Å². The molecule has 0 unspecified atom stereocenters. The fourth-order valence-corrected chi connectivity index (χ4v) is 3.93. The molecule has 0 amide bonds. The topological polar surface area (TPSA) is 204 Å². The lowest BCUT2D eigenvalue weighted by molar-refractivity contribution is 0.392. The van der Waals surface area contributed by atoms with Crippen LogP contribution in [-0.4, -0.2) is 49.1 Å². The zero-order chi connectivity index (χ0) is 16.1. The minimum Gasteiger partial charge on any atom is -0.506 e. The fourth-order valence-electron chi connectivity index (χ4n) is 1.28. The van der Waals surface area contributed by atoms with Crippen LogP contribution in [0.25, 0.3) is 0 Å². The smallest absolute Gasteiger partial charge is 0.299 e. The molecule has 0 atom stereocenters. The van der Waals surface area contributed by atoms with E-state index in [1.807, 2.05) is 0 Å². The Hall–Kier alpha value is -1.45. The summed E-state index contributed by atoms with van der Waals surface area (Å²) in [7, 11) is -16.3. The van der Waals surface area contributed by atoms with Crippen molar-refractivity contribution in [1.29, 1.82) is 0 Å². The Morgan fingerprint density at radius 2 is 1.10 bits per heavy atom. The number of hydrogen-bond acceptors (Lipinski definition) is 8. The van der Waals surface area contributed by atoms with Crippen molar-refractivity contribution in [3.05, 3.63) is 6.07 Å². The normalized spacial score (nSPS) is 13.3. The summed E-state index contributed by atoms with van der Waals surface area (Å²) in [5.41, 5.74) is 0. The van der Waals surface area contributed by atoms with Crippen molar-refractivity contribution >= 4 is 30.4 Å². The summed E-state index contributed by atoms with van der Waals surface area (Å²) in [6.45, 7) is 0. The molecule has 14 heteroatoms. The molecular formula is C6H6O11S3. The van der Waals surface area contributed by atoms with Gasteiger partial charge < -0.3 is 10.2 Å². The average Bonchev–Trinajstić information content (AvgIpc) is 2.14. The summed E-state index contributed by atoms with van der Waals surface area (Å²) < 4.78 is 91.7. The molecule has 1 rings (SSSR count). The number of hydrogen-bond donors (Lipinski definition) is 5. The van der Waals surface area contributed by atoms with Crippen molar-refractivity contribution < 1.29 is 49.1 Å². The van der Waals surface area contributed by atoms with E-state index in [9.17, 15) is 35.5 Å². The van der Waals surface area contributed by atoms with Crippen molar-refractivity contribution in [1.82, 2.24) is 0 Å². The first-order valence-electron chi connectivity index (χ1n) is 4.18. The summed E-state index contributed by atoms with van der Waals surface area (Å²) in [5, 5.41) is 18.6. The largest absolute Gasteiger partial charge is 0.506 e. The van der Waals surface area contributed by atoms with Crippen LogP contribution in [-0.2, 0) is 30.4 Å². The van der Waals surface area contributed by atoms with E-state index in [0.29, 0.717) is 0 Å². The molecule has 0 aliphatic heterocycles. The van der Waals surface area contributed by atoms with Crippen molar-refractivity contribution in [2.45, 2.75) is 14.7 Å². The van der Waals surface area contributed by atoms with Gasteiger partial charge in [0.1, 0.15) is 10.6 Å². The molecule has 0 radical (unpaired) electrons. The van der Waals surface area contributed by atoms with Gasteiger partial charge in [0, 0.05) is 6.07 Å². The molecule has 1 aromatic carbocycles. The maximum absolute atomic E-state index is 11.0. The van der Waals surface area contributed by atoms with Gasteiger partial charge in [-0.05, 0) is 0 Å². The molecule has 114 valence electrons. The predicted octanol–water partition coefficient (Wildman–Crippen LogP) is -1.16. The fraction of sp³-hybridized carbons (Fsp3) is 0. The van der Waals surface area contributed by atoms with Gasteiger partial charge in [0.25, 0.3) is 30.4 Å². The van der Waals surface area contributed by atoms with E-state index in [4.69, 9.17) is 13.7 Å². The van der Waals surface area contributed by atoms with Crippen molar-refractivity contribution in [3.8, 4) is 11.5 Å². The summed E-state index contributed by atoms with van der Waals surface area (Å²) >= 11 is 0. The summed E-state index contributed by atoms with van der Waals surface area (Å²) in [5.74, 6) is -3.52. The second kappa shape index (κ2) is 4.54. The van der Waals surface area contributed by atoms with Crippen LogP contribution < -0.4 is 0 Å². The molecule has 0 aromatic heterocycles. The van der Waals surface area contributed by atoms with Gasteiger partial charge in [-0.1, -0.05) is 0 Å². The van der Waals surface area contributed by atoms with Crippen molar-refractivity contribution in [2.24, 2.45) is 0 Å². The maximum Gasteiger partial charge on any atom is 0.299 e. The lowest BCUT2D eigenvalue weighted by Gasteiger charge is -2.11. The summed E-state index contributed by atoms with van der Waals surface area (Å²) in [6, 6.07) is -0.0253. The van der Waals surface area contributed by atoms with Gasteiger partial charge in [0.15, 0.2) is 15.5 Å². The van der Waals surface area contributed by atoms with E-state index in [1.54, 1.807) is 0 Å². The van der Waals surface area contributed by atoms with E-state index in [1.165, 1.54) is 0 Å². The van der Waals surface area contributed by atoms with Crippen LogP contribution in [0.15, 0.2) is 20.8 Å². The van der Waals surface area contributed by atoms with Gasteiger partial charge in [-0.3, -0.25) is 13.7 Å². The van der Waals surface area contributed by atoms with E-state index in [0.717, 1.165) is 0 Å². The lowest BCUT2D eigenvalue weighted by Crippen LogP contribution is -2.11. The van der Waals surface area contributed by atoms with Crippen LogP contribution in [0.3, 0.4) is 0 Å². The second-order valence-corrected chi connectivity index (χ2v) is 7.43. The zero-order valence-corrected chi connectivity index (χ0v) is 11.4. The maximum atomic E-state index is 11.0. The molecule has 0 aliphatic rings. The molecule has 0 fully saturated rings. The molecule has 5 N–H and O–H groups in total. The highest BCUT2D eigenvalue weighted by atomic mass is 32.2. The highest BCUT2D eigenvalue weighted by molar-refractivity contribution is 7.89. The van der Waals surface area contributed by atoms with Crippen molar-refractivity contribution in [2.75, 3.05) is 0 Å². The van der Waals surface area contributed by atoms with E-state index >= 15 is 0 Å². The number of phenolic OH excluding ortho intramolecular Hbond substituents is 2. The quantitative estimate of drug-likeness (QED) is 0.324. The number of phenols is 2. The van der Waals surface area contributed by atoms with Crippen LogP contribution in [0.1, 0.15) is 0 Å². The van der Waals surface area contributed by atoms with Gasteiger partial charge in [0.2, 0.25) is 0 Å². The Balaban J connectivity index is 4.20. The van der Waals surface area contributed by atoms with E-state index < -0.39 is 56.5 Å². The van der Waals surface area contributed by atoms with Crippen LogP contribution in [0, 0.1) is 0 Å². The standard InChI is InChI=1S/C6H6O11S3/c7-2-1-3(18(9,10)11)4(8)6(20(15,16)17)5(2)19(12,13)14/h1,7-8H,(H,9,10,11)(H,12,13,14)(H,15,16,17). The Labute approximate surface area is 112 Å². The van der Waals surface area contributed by atoms with Gasteiger partial charge in [-0.25, -0.2) is 0 Å². The molecule has 0 heterocycles. The number of aromatic hydroxyl groups is 2. The van der Waals surface area contributed by atoms with Gasteiger partial charge >= 0.3 is 0 Å². The molecule has 11 nitrogen and oxygen atoms in total. The third kappa shape index (κ3) is 3.00. The third-order valence-electron chi connectivity index (χ3n) is 1.95. The minimum absolute atomic E-state index is 0.0253. The van der Waals surface area contributed by atoms with E-state index in [2.05, 4.69) is 0 Å². The molecular weight excluding hydrogens is 344 g/mol. The Bertz CT molecular complexity index is 875. The van der Waals surface area contributed by atoms with Gasteiger partial charge in [0.05, 0.1) is 0 Å². The first kappa shape index (κ1) is 16.6. The Kier molecular flexibility index (Phi) is 3.77. The van der Waals surface area contributed by atoms with Crippen LogP contribution in [0.2, 0.25) is 0 Å². The first-order chi connectivity index (χ1) is 8.67. The molecule has 0 spiro atoms. The summed E-state index contributed by atoms with van der Waals surface area (Å²) in [4.78, 5) is -5.42. The SMILES string of the molecule is O=S(=O)(O)c1cc(O)c(S(=O)(=O)O)c(S(=O)(=O)O)c1O. The average molecular weight is 350 g/mol. The molecule has 0 saturated carbocycles. The third-order valence-corrected chi connectivity index (χ3v) is 4.79. The van der Waals surface area contributed by atoms with Crippen LogP contribution in [0.5, 0.6) is 11.5 Å². The zero-order valence-electron chi connectivity index (χ0n) is 8.99. The molecule has 0 saturated heterocycles. The minimum atomic E-state index is -5.58. The highest BCUT2D eigenvalue weighted by Gasteiger charge is 2.35. The lowest BCUT2D eigenvalue weighted by atomic mass is 10.3. The highest BCUT2D eigenvalue weighted by Crippen LogP contribution is 2.40. The molecule has 1 aromatic rings. The molecule has 20 heavy (non-hydrogen) atoms. The monoisotopic (exact) mass is 350 g/mol. The number of benzene rings is 1. The predicted molar refractivity (Wildman–Crippen MR) is 59.2 cm³/mol. The number of rotatable bonds is 3.